The number of hydrogen-bond donors (Lipinski definition) is 2. The topological polar surface area (TPSA) is 61.4 Å². The quantitative estimate of drug-likeness (QED) is 0.713. The fourth-order valence-corrected chi connectivity index (χ4v) is 4.01. The highest BCUT2D eigenvalue weighted by Gasteiger charge is 2.31. The number of nitrogens with one attached hydrogen (secondary N) is 2. The van der Waals surface area contributed by atoms with Crippen molar-refractivity contribution >= 4 is 11.8 Å². The fourth-order valence-electron chi connectivity index (χ4n) is 4.01. The van der Waals surface area contributed by atoms with Crippen LogP contribution in [0, 0.1) is 5.92 Å². The van der Waals surface area contributed by atoms with Gasteiger partial charge in [-0.25, -0.2) is 0 Å². The van der Waals surface area contributed by atoms with E-state index in [0.717, 1.165) is 38.8 Å². The minimum Gasteiger partial charge on any atom is -0.352 e. The Morgan fingerprint density at radius 2 is 1.73 bits per heavy atom. The molecule has 2 unspecified atom stereocenters. The lowest BCUT2D eigenvalue weighted by Gasteiger charge is -2.31. The molecule has 0 aromatic heterocycles. The average Bonchev–Trinajstić information content (AvgIpc) is 3.18. The molecule has 0 spiro atoms. The minimum absolute atomic E-state index is 0.0554. The predicted molar refractivity (Wildman–Crippen MR) is 105 cm³/mol. The Bertz CT molecular complexity index is 566. The van der Waals surface area contributed by atoms with E-state index in [0.29, 0.717) is 6.54 Å². The Morgan fingerprint density at radius 3 is 2.27 bits per heavy atom. The maximum Gasteiger partial charge on any atom is 0.242 e. The van der Waals surface area contributed by atoms with Gasteiger partial charge in [0.2, 0.25) is 11.8 Å². The van der Waals surface area contributed by atoms with Crippen molar-refractivity contribution in [2.24, 2.45) is 5.92 Å². The van der Waals surface area contributed by atoms with Crippen LogP contribution in [0.15, 0.2) is 30.3 Å². The van der Waals surface area contributed by atoms with Crippen molar-refractivity contribution in [1.82, 2.24) is 15.5 Å². The van der Waals surface area contributed by atoms with Crippen LogP contribution in [0.4, 0.5) is 0 Å². The van der Waals surface area contributed by atoms with E-state index in [1.165, 1.54) is 12.5 Å². The van der Waals surface area contributed by atoms with Gasteiger partial charge in [-0.1, -0.05) is 57.0 Å². The highest BCUT2D eigenvalue weighted by molar-refractivity contribution is 5.87. The van der Waals surface area contributed by atoms with Gasteiger partial charge in [0, 0.05) is 13.5 Å². The van der Waals surface area contributed by atoms with Crippen LogP contribution in [0.25, 0.3) is 0 Å². The first-order valence-corrected chi connectivity index (χ1v) is 9.90. The maximum atomic E-state index is 12.9. The summed E-state index contributed by atoms with van der Waals surface area (Å²) in [4.78, 5) is 26.8. The van der Waals surface area contributed by atoms with Gasteiger partial charge in [-0.2, -0.15) is 0 Å². The maximum absolute atomic E-state index is 12.9. The van der Waals surface area contributed by atoms with Gasteiger partial charge in [-0.05, 0) is 37.4 Å². The molecular weight excluding hydrogens is 326 g/mol. The van der Waals surface area contributed by atoms with Gasteiger partial charge in [0.25, 0.3) is 0 Å². The van der Waals surface area contributed by atoms with Gasteiger partial charge in [0.05, 0.1) is 6.04 Å². The molecule has 1 aromatic rings. The molecule has 2 amide bonds. The number of carbonyl (C=O) groups is 2. The molecule has 1 aromatic carbocycles. The van der Waals surface area contributed by atoms with Crippen LogP contribution in [0.1, 0.15) is 58.1 Å². The van der Waals surface area contributed by atoms with E-state index in [9.17, 15) is 9.59 Å². The third-order valence-corrected chi connectivity index (χ3v) is 5.42. The zero-order valence-corrected chi connectivity index (χ0v) is 16.3. The van der Waals surface area contributed by atoms with Gasteiger partial charge in [-0.3, -0.25) is 14.5 Å². The molecule has 1 aliphatic carbocycles. The lowest BCUT2D eigenvalue weighted by atomic mass is 9.97. The van der Waals surface area contributed by atoms with Crippen LogP contribution >= 0.6 is 0 Å². The van der Waals surface area contributed by atoms with E-state index in [4.69, 9.17) is 0 Å². The van der Waals surface area contributed by atoms with Crippen LogP contribution in [0.5, 0.6) is 0 Å². The first kappa shape index (κ1) is 20.4. The van der Waals surface area contributed by atoms with E-state index in [1.807, 2.05) is 18.2 Å². The highest BCUT2D eigenvalue weighted by Crippen LogP contribution is 2.28. The van der Waals surface area contributed by atoms with E-state index < -0.39 is 6.04 Å². The second-order valence-electron chi connectivity index (χ2n) is 7.12. The summed E-state index contributed by atoms with van der Waals surface area (Å²) in [6.07, 6.45) is 4.30. The third kappa shape index (κ3) is 5.56. The molecule has 2 atom stereocenters. The molecule has 0 radical (unpaired) electrons. The highest BCUT2D eigenvalue weighted by atomic mass is 16.2. The molecule has 0 saturated heterocycles. The van der Waals surface area contributed by atoms with Crippen LogP contribution in [-0.4, -0.2) is 42.4 Å². The number of amides is 2. The minimum atomic E-state index is -0.414. The smallest absolute Gasteiger partial charge is 0.242 e. The SMILES string of the molecule is CCN(CC)C(CNC(=O)C(NC(C)=O)C1CCCC1)c1ccccc1. The lowest BCUT2D eigenvalue weighted by Crippen LogP contribution is -2.51. The summed E-state index contributed by atoms with van der Waals surface area (Å²) in [6.45, 7) is 8.15. The number of rotatable bonds is 9. The molecule has 2 N–H and O–H groups in total. The van der Waals surface area contributed by atoms with Gasteiger partial charge in [-0.15, -0.1) is 0 Å². The van der Waals surface area contributed by atoms with E-state index in [-0.39, 0.29) is 23.8 Å². The summed E-state index contributed by atoms with van der Waals surface area (Å²) in [7, 11) is 0. The van der Waals surface area contributed by atoms with Crippen LogP contribution in [0.3, 0.4) is 0 Å². The molecule has 0 aliphatic heterocycles. The standard InChI is InChI=1S/C21H33N3O2/c1-4-24(5-2)19(17-11-7-6-8-12-17)15-22-21(26)20(23-16(3)25)18-13-9-10-14-18/h6-8,11-12,18-20H,4-5,9-10,13-15H2,1-3H3,(H,22,26)(H,23,25). The largest absolute Gasteiger partial charge is 0.352 e. The third-order valence-electron chi connectivity index (χ3n) is 5.42. The van der Waals surface area contributed by atoms with E-state index in [1.54, 1.807) is 0 Å². The normalized spacial score (nSPS) is 17.1. The van der Waals surface area contributed by atoms with Crippen molar-refractivity contribution < 1.29 is 9.59 Å². The second-order valence-corrected chi connectivity index (χ2v) is 7.12. The van der Waals surface area contributed by atoms with Crippen LogP contribution < -0.4 is 10.6 Å². The number of hydrogen-bond acceptors (Lipinski definition) is 3. The Balaban J connectivity index is 2.07. The molecule has 5 heteroatoms. The van der Waals surface area contributed by atoms with Crippen LogP contribution in [-0.2, 0) is 9.59 Å². The second kappa shape index (κ2) is 10.3. The summed E-state index contributed by atoms with van der Waals surface area (Å²) in [5.74, 6) is 0.0584. The summed E-state index contributed by atoms with van der Waals surface area (Å²) in [5.41, 5.74) is 1.20. The van der Waals surface area contributed by atoms with Gasteiger partial charge in [0.15, 0.2) is 0 Å². The summed E-state index contributed by atoms with van der Waals surface area (Å²) >= 11 is 0. The van der Waals surface area contributed by atoms with Crippen LogP contribution in [0.2, 0.25) is 0 Å². The molecule has 5 nitrogen and oxygen atoms in total. The molecule has 0 heterocycles. The molecule has 0 bridgehead atoms. The van der Waals surface area contributed by atoms with Crippen molar-refractivity contribution in [3.8, 4) is 0 Å². The number of benzene rings is 1. The van der Waals surface area contributed by atoms with E-state index in [2.05, 4.69) is 41.5 Å². The number of carbonyl (C=O) groups excluding carboxylic acids is 2. The fraction of sp³-hybridized carbons (Fsp3) is 0.619. The van der Waals surface area contributed by atoms with Crippen molar-refractivity contribution in [3.63, 3.8) is 0 Å². The molecule has 26 heavy (non-hydrogen) atoms. The summed E-state index contributed by atoms with van der Waals surface area (Å²) in [5, 5.41) is 6.00. The predicted octanol–water partition coefficient (Wildman–Crippen LogP) is 2.88. The lowest BCUT2D eigenvalue weighted by molar-refractivity contribution is -0.129. The Kier molecular flexibility index (Phi) is 8.10. The Hall–Kier alpha value is -1.88. The monoisotopic (exact) mass is 359 g/mol. The first-order chi connectivity index (χ1) is 12.6. The Labute approximate surface area is 157 Å². The first-order valence-electron chi connectivity index (χ1n) is 9.90. The van der Waals surface area contributed by atoms with E-state index >= 15 is 0 Å². The molecule has 2 rings (SSSR count). The van der Waals surface area contributed by atoms with Gasteiger partial charge >= 0.3 is 0 Å². The summed E-state index contributed by atoms with van der Waals surface area (Å²) in [6, 6.07) is 10.0. The zero-order valence-electron chi connectivity index (χ0n) is 16.3. The molecule has 1 fully saturated rings. The molecule has 1 saturated carbocycles. The number of nitrogens with zero attached hydrogens (tertiary/aromatic N) is 1. The molecule has 1 aliphatic rings. The van der Waals surface area contributed by atoms with Crippen molar-refractivity contribution in [2.75, 3.05) is 19.6 Å². The van der Waals surface area contributed by atoms with Gasteiger partial charge in [0.1, 0.15) is 6.04 Å². The molecule has 144 valence electrons. The molecular formula is C21H33N3O2. The van der Waals surface area contributed by atoms with Crippen molar-refractivity contribution in [3.05, 3.63) is 35.9 Å². The van der Waals surface area contributed by atoms with Crippen molar-refractivity contribution in [1.29, 1.82) is 0 Å². The average molecular weight is 360 g/mol. The Morgan fingerprint density at radius 1 is 1.12 bits per heavy atom. The van der Waals surface area contributed by atoms with Gasteiger partial charge < -0.3 is 10.6 Å². The summed E-state index contributed by atoms with van der Waals surface area (Å²) < 4.78 is 0. The van der Waals surface area contributed by atoms with Crippen molar-refractivity contribution in [2.45, 2.75) is 58.5 Å². The number of likely N-dealkylation sites (N-methyl/N-ethyl adjacent to an activating group) is 1. The zero-order chi connectivity index (χ0) is 18.9.